The normalized spacial score (nSPS) is 11.8. The highest BCUT2D eigenvalue weighted by atomic mass is 35.5. The highest BCUT2D eigenvalue weighted by Crippen LogP contribution is 2.10. The van der Waals surface area contributed by atoms with Crippen molar-refractivity contribution in [3.8, 4) is 0 Å². The molecular formula is C15H16ClN3O4. The number of aryl methyl sites for hydroxylation is 1. The van der Waals surface area contributed by atoms with Crippen molar-refractivity contribution in [2.24, 2.45) is 7.05 Å². The van der Waals surface area contributed by atoms with Gasteiger partial charge in [-0.2, -0.15) is 0 Å². The number of H-pyrrole nitrogens is 1. The molecule has 0 aliphatic heterocycles. The summed E-state index contributed by atoms with van der Waals surface area (Å²) in [4.78, 5) is 36.0. The standard InChI is InChI=1S/C15H16ClN3O4/c1-19-14(21)10(8-17-19)7-12(15(22)23-2)18-13(20)9-3-5-11(16)6-4-9/h3-6,8,12,17H,7H2,1-2H3,(H,18,20)/t12-/m1/s1. The molecule has 0 aliphatic carbocycles. The first-order chi connectivity index (χ1) is 10.9. The second-order valence-electron chi connectivity index (χ2n) is 4.92. The number of halogens is 1. The fourth-order valence-corrected chi connectivity index (χ4v) is 2.18. The molecule has 0 aliphatic rings. The summed E-state index contributed by atoms with van der Waals surface area (Å²) in [6.45, 7) is 0. The minimum Gasteiger partial charge on any atom is -0.467 e. The molecule has 0 fully saturated rings. The lowest BCUT2D eigenvalue weighted by atomic mass is 10.1. The van der Waals surface area contributed by atoms with Crippen LogP contribution < -0.4 is 10.9 Å². The minimum atomic E-state index is -0.966. The SMILES string of the molecule is COC(=O)[C@@H](Cc1c[nH]n(C)c1=O)NC(=O)c1ccc(Cl)cc1. The number of carbonyl (C=O) groups excluding carboxylic acids is 2. The van der Waals surface area contributed by atoms with Gasteiger partial charge in [-0.1, -0.05) is 11.6 Å². The lowest BCUT2D eigenvalue weighted by Crippen LogP contribution is -2.43. The first-order valence-corrected chi connectivity index (χ1v) is 7.17. The Bertz CT molecular complexity index is 764. The van der Waals surface area contributed by atoms with E-state index < -0.39 is 17.9 Å². The van der Waals surface area contributed by atoms with Gasteiger partial charge in [0.25, 0.3) is 11.5 Å². The number of aromatic amines is 1. The van der Waals surface area contributed by atoms with Crippen LogP contribution in [-0.4, -0.2) is 34.8 Å². The number of nitrogens with one attached hydrogen (secondary N) is 2. The van der Waals surface area contributed by atoms with Crippen LogP contribution in [-0.2, 0) is 23.0 Å². The number of nitrogens with zero attached hydrogens (tertiary/aromatic N) is 1. The molecule has 0 saturated heterocycles. The molecule has 2 aromatic rings. The van der Waals surface area contributed by atoms with Gasteiger partial charge in [0.1, 0.15) is 6.04 Å². The molecule has 1 heterocycles. The van der Waals surface area contributed by atoms with Crippen LogP contribution in [0.3, 0.4) is 0 Å². The molecule has 0 bridgehead atoms. The Hall–Kier alpha value is -2.54. The van der Waals surface area contributed by atoms with Gasteiger partial charge in [-0.05, 0) is 24.3 Å². The molecular weight excluding hydrogens is 322 g/mol. The molecule has 0 spiro atoms. The van der Waals surface area contributed by atoms with Crippen molar-refractivity contribution in [3.05, 3.63) is 57.0 Å². The third-order valence-electron chi connectivity index (χ3n) is 3.33. The predicted octanol–water partition coefficient (Wildman–Crippen LogP) is 0.881. The van der Waals surface area contributed by atoms with Gasteiger partial charge < -0.3 is 15.2 Å². The van der Waals surface area contributed by atoms with Crippen molar-refractivity contribution >= 4 is 23.5 Å². The van der Waals surface area contributed by atoms with Crippen molar-refractivity contribution in [2.45, 2.75) is 12.5 Å². The zero-order valence-electron chi connectivity index (χ0n) is 12.6. The number of aromatic nitrogens is 2. The smallest absolute Gasteiger partial charge is 0.328 e. The Balaban J connectivity index is 2.17. The summed E-state index contributed by atoms with van der Waals surface area (Å²) in [5, 5.41) is 5.79. The third kappa shape index (κ3) is 4.01. The van der Waals surface area contributed by atoms with Crippen molar-refractivity contribution < 1.29 is 14.3 Å². The fraction of sp³-hybridized carbons (Fsp3) is 0.267. The van der Waals surface area contributed by atoms with E-state index in [-0.39, 0.29) is 12.0 Å². The number of esters is 1. The highest BCUT2D eigenvalue weighted by Gasteiger charge is 2.24. The Morgan fingerprint density at radius 2 is 2.00 bits per heavy atom. The average Bonchev–Trinajstić information content (AvgIpc) is 2.86. The maximum atomic E-state index is 12.2. The molecule has 1 aromatic carbocycles. The monoisotopic (exact) mass is 337 g/mol. The topological polar surface area (TPSA) is 93.2 Å². The molecule has 0 saturated carbocycles. The van der Waals surface area contributed by atoms with E-state index in [1.54, 1.807) is 31.3 Å². The van der Waals surface area contributed by atoms with Gasteiger partial charge in [-0.3, -0.25) is 14.3 Å². The van der Waals surface area contributed by atoms with Crippen LogP contribution in [0, 0.1) is 0 Å². The van der Waals surface area contributed by atoms with Gasteiger partial charge in [0.15, 0.2) is 0 Å². The van der Waals surface area contributed by atoms with E-state index in [0.29, 0.717) is 16.1 Å². The number of benzene rings is 1. The summed E-state index contributed by atoms with van der Waals surface area (Å²) in [5.41, 5.74) is 0.462. The van der Waals surface area contributed by atoms with E-state index in [0.717, 1.165) is 0 Å². The third-order valence-corrected chi connectivity index (χ3v) is 3.59. The van der Waals surface area contributed by atoms with Gasteiger partial charge in [-0.15, -0.1) is 0 Å². The largest absolute Gasteiger partial charge is 0.467 e. The van der Waals surface area contributed by atoms with E-state index in [2.05, 4.69) is 10.4 Å². The van der Waals surface area contributed by atoms with E-state index in [4.69, 9.17) is 16.3 Å². The van der Waals surface area contributed by atoms with Gasteiger partial charge in [0.05, 0.1) is 7.11 Å². The number of methoxy groups -OCH3 is 1. The first-order valence-electron chi connectivity index (χ1n) is 6.80. The lowest BCUT2D eigenvalue weighted by Gasteiger charge is -2.15. The number of rotatable bonds is 5. The van der Waals surface area contributed by atoms with Crippen molar-refractivity contribution in [1.29, 1.82) is 0 Å². The Morgan fingerprint density at radius 1 is 1.35 bits per heavy atom. The van der Waals surface area contributed by atoms with Crippen LogP contribution in [0.2, 0.25) is 5.02 Å². The molecule has 1 atom stereocenters. The van der Waals surface area contributed by atoms with Crippen LogP contribution in [0.25, 0.3) is 0 Å². The first kappa shape index (κ1) is 16.8. The molecule has 7 nitrogen and oxygen atoms in total. The molecule has 2 N–H and O–H groups in total. The number of ether oxygens (including phenoxy) is 1. The van der Waals surface area contributed by atoms with E-state index in [1.807, 2.05) is 0 Å². The van der Waals surface area contributed by atoms with Crippen molar-refractivity contribution in [3.63, 3.8) is 0 Å². The second-order valence-corrected chi connectivity index (χ2v) is 5.36. The fourth-order valence-electron chi connectivity index (χ4n) is 2.06. The number of carbonyl (C=O) groups is 2. The zero-order valence-corrected chi connectivity index (χ0v) is 13.4. The van der Waals surface area contributed by atoms with Crippen molar-refractivity contribution in [2.75, 3.05) is 7.11 Å². The lowest BCUT2D eigenvalue weighted by molar-refractivity contribution is -0.142. The highest BCUT2D eigenvalue weighted by molar-refractivity contribution is 6.30. The van der Waals surface area contributed by atoms with E-state index in [9.17, 15) is 14.4 Å². The molecule has 2 rings (SSSR count). The number of amides is 1. The van der Waals surface area contributed by atoms with Gasteiger partial charge in [0.2, 0.25) is 0 Å². The molecule has 8 heteroatoms. The second kappa shape index (κ2) is 7.15. The van der Waals surface area contributed by atoms with Crippen LogP contribution in [0.1, 0.15) is 15.9 Å². The van der Waals surface area contributed by atoms with Crippen molar-refractivity contribution in [1.82, 2.24) is 15.1 Å². The molecule has 122 valence electrons. The Labute approximate surface area is 137 Å². The molecule has 0 radical (unpaired) electrons. The summed E-state index contributed by atoms with van der Waals surface area (Å²) >= 11 is 5.78. The number of hydrogen-bond donors (Lipinski definition) is 2. The summed E-state index contributed by atoms with van der Waals surface area (Å²) in [5.74, 6) is -1.08. The van der Waals surface area contributed by atoms with E-state index in [1.165, 1.54) is 18.0 Å². The predicted molar refractivity (Wildman–Crippen MR) is 84.5 cm³/mol. The average molecular weight is 338 g/mol. The number of hydrogen-bond acceptors (Lipinski definition) is 4. The summed E-state index contributed by atoms with van der Waals surface area (Å²) in [6.07, 6.45) is 1.52. The van der Waals surface area contributed by atoms with Crippen LogP contribution in [0.5, 0.6) is 0 Å². The summed E-state index contributed by atoms with van der Waals surface area (Å²) in [6, 6.07) is 5.27. The Morgan fingerprint density at radius 3 is 2.52 bits per heavy atom. The molecule has 0 unspecified atom stereocenters. The van der Waals surface area contributed by atoms with Gasteiger partial charge in [0, 0.05) is 35.8 Å². The van der Waals surface area contributed by atoms with Crippen LogP contribution in [0.4, 0.5) is 0 Å². The van der Waals surface area contributed by atoms with Crippen LogP contribution in [0.15, 0.2) is 35.3 Å². The zero-order chi connectivity index (χ0) is 17.0. The van der Waals surface area contributed by atoms with E-state index >= 15 is 0 Å². The quantitative estimate of drug-likeness (QED) is 0.792. The van der Waals surface area contributed by atoms with Gasteiger partial charge in [-0.25, -0.2) is 4.79 Å². The molecule has 1 amide bonds. The summed E-state index contributed by atoms with van der Waals surface area (Å²) in [7, 11) is 2.78. The van der Waals surface area contributed by atoms with Gasteiger partial charge >= 0.3 is 5.97 Å². The maximum absolute atomic E-state index is 12.2. The van der Waals surface area contributed by atoms with Crippen LogP contribution >= 0.6 is 11.6 Å². The molecule has 1 aromatic heterocycles. The minimum absolute atomic E-state index is 0.0299. The Kier molecular flexibility index (Phi) is 5.23. The maximum Gasteiger partial charge on any atom is 0.328 e. The molecule has 23 heavy (non-hydrogen) atoms. The summed E-state index contributed by atoms with van der Waals surface area (Å²) < 4.78 is 5.98.